The normalized spacial score (nSPS) is 11.9. The molecular weight excluding hydrogens is 348 g/mol. The molecule has 0 amide bonds. The van der Waals surface area contributed by atoms with E-state index < -0.39 is 10.0 Å². The molecule has 7 heteroatoms. The molecule has 1 aromatic heterocycles. The van der Waals surface area contributed by atoms with Gasteiger partial charge in [-0.1, -0.05) is 12.1 Å². The van der Waals surface area contributed by atoms with Gasteiger partial charge in [0.1, 0.15) is 4.21 Å². The van der Waals surface area contributed by atoms with E-state index in [9.17, 15) is 8.42 Å². The molecule has 2 aromatic rings. The maximum atomic E-state index is 12.4. The molecule has 0 saturated heterocycles. The average molecular weight is 361 g/mol. The zero-order valence-electron chi connectivity index (χ0n) is 10.2. The van der Waals surface area contributed by atoms with Crippen LogP contribution < -0.4 is 5.73 Å². The maximum Gasteiger partial charge on any atom is 0.253 e. The van der Waals surface area contributed by atoms with Crippen LogP contribution in [0.2, 0.25) is 0 Å². The lowest BCUT2D eigenvalue weighted by Gasteiger charge is -2.16. The molecule has 0 spiro atoms. The Hall–Kier alpha value is -0.890. The highest BCUT2D eigenvalue weighted by atomic mass is 79.9. The molecule has 0 aliphatic heterocycles. The van der Waals surface area contributed by atoms with E-state index >= 15 is 0 Å². The van der Waals surface area contributed by atoms with E-state index in [1.807, 2.05) is 12.1 Å². The van der Waals surface area contributed by atoms with Gasteiger partial charge < -0.3 is 5.73 Å². The molecule has 0 saturated carbocycles. The molecule has 0 radical (unpaired) electrons. The summed E-state index contributed by atoms with van der Waals surface area (Å²) in [5, 5.41) is 1.74. The van der Waals surface area contributed by atoms with Crippen LogP contribution in [0.1, 0.15) is 5.56 Å². The van der Waals surface area contributed by atoms with Crippen molar-refractivity contribution in [3.8, 4) is 0 Å². The molecule has 1 aromatic carbocycles. The van der Waals surface area contributed by atoms with Crippen LogP contribution in [0.4, 0.5) is 5.69 Å². The van der Waals surface area contributed by atoms with Gasteiger partial charge in [0.25, 0.3) is 10.0 Å². The number of nitrogens with zero attached hydrogens (tertiary/aromatic N) is 1. The van der Waals surface area contributed by atoms with Gasteiger partial charge in [-0.3, -0.25) is 0 Å². The van der Waals surface area contributed by atoms with Gasteiger partial charge in [-0.2, -0.15) is 4.31 Å². The molecule has 0 aliphatic rings. The second-order valence-corrected chi connectivity index (χ2v) is 8.07. The Labute approximate surface area is 125 Å². The van der Waals surface area contributed by atoms with Crippen LogP contribution in [0.5, 0.6) is 0 Å². The van der Waals surface area contributed by atoms with Crippen LogP contribution in [-0.4, -0.2) is 19.8 Å². The molecule has 0 bridgehead atoms. The third kappa shape index (κ3) is 3.17. The quantitative estimate of drug-likeness (QED) is 0.852. The third-order valence-electron chi connectivity index (χ3n) is 2.61. The number of thiophene rings is 1. The summed E-state index contributed by atoms with van der Waals surface area (Å²) in [5.74, 6) is 0. The number of benzene rings is 1. The Morgan fingerprint density at radius 3 is 2.42 bits per heavy atom. The molecule has 0 atom stereocenters. The summed E-state index contributed by atoms with van der Waals surface area (Å²) in [5.41, 5.74) is 7.16. The average Bonchev–Trinajstić information content (AvgIpc) is 2.79. The van der Waals surface area contributed by atoms with Crippen LogP contribution in [0.3, 0.4) is 0 Å². The van der Waals surface area contributed by atoms with E-state index in [0.29, 0.717) is 20.9 Å². The Morgan fingerprint density at radius 1 is 1.26 bits per heavy atom. The minimum atomic E-state index is -3.46. The van der Waals surface area contributed by atoms with E-state index in [4.69, 9.17) is 5.73 Å². The van der Waals surface area contributed by atoms with Gasteiger partial charge in [0.2, 0.25) is 0 Å². The van der Waals surface area contributed by atoms with Crippen molar-refractivity contribution in [3.63, 3.8) is 0 Å². The highest BCUT2D eigenvalue weighted by Crippen LogP contribution is 2.30. The fraction of sp³-hybridized carbons (Fsp3) is 0.167. The highest BCUT2D eigenvalue weighted by Gasteiger charge is 2.24. The van der Waals surface area contributed by atoms with Gasteiger partial charge in [-0.25, -0.2) is 8.42 Å². The number of hydrogen-bond donors (Lipinski definition) is 1. The van der Waals surface area contributed by atoms with Crippen molar-refractivity contribution < 1.29 is 8.42 Å². The molecule has 102 valence electrons. The summed E-state index contributed by atoms with van der Waals surface area (Å²) in [4.78, 5) is 0. The second kappa shape index (κ2) is 5.62. The smallest absolute Gasteiger partial charge is 0.253 e. The van der Waals surface area contributed by atoms with Crippen LogP contribution in [0, 0.1) is 0 Å². The zero-order valence-corrected chi connectivity index (χ0v) is 13.4. The van der Waals surface area contributed by atoms with E-state index in [2.05, 4.69) is 15.9 Å². The molecule has 0 unspecified atom stereocenters. The first kappa shape index (κ1) is 14.5. The predicted octanol–water partition coefficient (Wildman–Crippen LogP) is 2.91. The van der Waals surface area contributed by atoms with Gasteiger partial charge in [-0.05, 0) is 45.1 Å². The van der Waals surface area contributed by atoms with E-state index in [0.717, 1.165) is 5.56 Å². The number of nitrogen functional groups attached to an aromatic ring is 1. The van der Waals surface area contributed by atoms with Gasteiger partial charge in [0.05, 0.1) is 0 Å². The van der Waals surface area contributed by atoms with Gasteiger partial charge in [0, 0.05) is 23.8 Å². The summed E-state index contributed by atoms with van der Waals surface area (Å²) in [6.45, 7) is 0.312. The SMILES string of the molecule is CN(Cc1ccc(N)cc1)S(=O)(=O)c1sccc1Br. The van der Waals surface area contributed by atoms with Crippen LogP contribution in [-0.2, 0) is 16.6 Å². The number of halogens is 1. The molecule has 0 aliphatic carbocycles. The van der Waals surface area contributed by atoms with Crippen molar-refractivity contribution in [1.82, 2.24) is 4.31 Å². The topological polar surface area (TPSA) is 63.4 Å². The minimum absolute atomic E-state index is 0.312. The molecule has 4 nitrogen and oxygen atoms in total. The standard InChI is InChI=1S/C12H13BrN2O2S2/c1-15(8-9-2-4-10(14)5-3-9)19(16,17)12-11(13)6-7-18-12/h2-7H,8,14H2,1H3. The minimum Gasteiger partial charge on any atom is -0.399 e. The first-order valence-corrected chi connectivity index (χ1v) is 8.56. The Balaban J connectivity index is 2.22. The third-order valence-corrected chi connectivity index (χ3v) is 7.06. The van der Waals surface area contributed by atoms with Crippen LogP contribution in [0.25, 0.3) is 0 Å². The number of sulfonamides is 1. The molecule has 1 heterocycles. The lowest BCUT2D eigenvalue weighted by Crippen LogP contribution is -2.26. The largest absolute Gasteiger partial charge is 0.399 e. The molecule has 2 rings (SSSR count). The van der Waals surface area contributed by atoms with Gasteiger partial charge in [0.15, 0.2) is 0 Å². The number of rotatable bonds is 4. The summed E-state index contributed by atoms with van der Waals surface area (Å²) in [6, 6.07) is 8.90. The molecule has 19 heavy (non-hydrogen) atoms. The van der Waals surface area contributed by atoms with Crippen molar-refractivity contribution >= 4 is 43.0 Å². The fourth-order valence-electron chi connectivity index (χ4n) is 1.57. The van der Waals surface area contributed by atoms with Crippen LogP contribution in [0.15, 0.2) is 44.4 Å². The summed E-state index contributed by atoms with van der Waals surface area (Å²) < 4.78 is 27.0. The fourth-order valence-corrected chi connectivity index (χ4v) is 5.23. The maximum absolute atomic E-state index is 12.4. The van der Waals surface area contributed by atoms with Crippen molar-refractivity contribution in [2.24, 2.45) is 0 Å². The Kier molecular flexibility index (Phi) is 4.29. The van der Waals surface area contributed by atoms with Crippen molar-refractivity contribution in [3.05, 3.63) is 45.7 Å². The summed E-state index contributed by atoms with van der Waals surface area (Å²) in [6.07, 6.45) is 0. The van der Waals surface area contributed by atoms with E-state index in [1.54, 1.807) is 30.6 Å². The monoisotopic (exact) mass is 360 g/mol. The van der Waals surface area contributed by atoms with Crippen LogP contribution >= 0.6 is 27.3 Å². The Morgan fingerprint density at radius 2 is 1.89 bits per heavy atom. The van der Waals surface area contributed by atoms with E-state index in [1.165, 1.54) is 15.6 Å². The number of anilines is 1. The second-order valence-electron chi connectivity index (χ2n) is 4.06. The lowest BCUT2D eigenvalue weighted by atomic mass is 10.2. The van der Waals surface area contributed by atoms with Crippen molar-refractivity contribution in [2.75, 3.05) is 12.8 Å². The predicted molar refractivity (Wildman–Crippen MR) is 81.5 cm³/mol. The first-order chi connectivity index (χ1) is 8.91. The number of hydrogen-bond acceptors (Lipinski definition) is 4. The van der Waals surface area contributed by atoms with E-state index in [-0.39, 0.29) is 0 Å². The highest BCUT2D eigenvalue weighted by molar-refractivity contribution is 9.10. The van der Waals surface area contributed by atoms with Crippen molar-refractivity contribution in [2.45, 2.75) is 10.8 Å². The van der Waals surface area contributed by atoms with Crippen molar-refractivity contribution in [1.29, 1.82) is 0 Å². The first-order valence-electron chi connectivity index (χ1n) is 5.45. The van der Waals surface area contributed by atoms with Gasteiger partial charge in [-0.15, -0.1) is 11.3 Å². The Bertz CT molecular complexity index is 665. The molecular formula is C12H13BrN2O2S2. The molecule has 2 N–H and O–H groups in total. The summed E-state index contributed by atoms with van der Waals surface area (Å²) in [7, 11) is -1.89. The molecule has 0 fully saturated rings. The summed E-state index contributed by atoms with van der Waals surface area (Å²) >= 11 is 4.45. The lowest BCUT2D eigenvalue weighted by molar-refractivity contribution is 0.468. The zero-order chi connectivity index (χ0) is 14.0. The van der Waals surface area contributed by atoms with Gasteiger partial charge >= 0.3 is 0 Å². The number of nitrogens with two attached hydrogens (primary N) is 1.